The van der Waals surface area contributed by atoms with Crippen molar-refractivity contribution in [2.75, 3.05) is 6.54 Å². The molecule has 4 heteroatoms. The number of rotatable bonds is 5. The molecule has 0 bridgehead atoms. The number of hydrogen-bond donors (Lipinski definition) is 1. The summed E-state index contributed by atoms with van der Waals surface area (Å²) in [6, 6.07) is 19.8. The summed E-state index contributed by atoms with van der Waals surface area (Å²) < 4.78 is 2.43. The summed E-state index contributed by atoms with van der Waals surface area (Å²) >= 11 is 0. The van der Waals surface area contributed by atoms with Gasteiger partial charge in [-0.1, -0.05) is 36.4 Å². The molecule has 3 heterocycles. The zero-order chi connectivity index (χ0) is 19.8. The highest BCUT2D eigenvalue weighted by Gasteiger charge is 2.38. The number of nitrogens with zero attached hydrogens (tertiary/aromatic N) is 3. The zero-order valence-corrected chi connectivity index (χ0v) is 17.2. The maximum absolute atomic E-state index is 4.07. The molecule has 148 valence electrons. The number of aromatic nitrogens is 3. The first-order valence-electron chi connectivity index (χ1n) is 10.5. The highest BCUT2D eigenvalue weighted by Crippen LogP contribution is 2.35. The number of hydrogen-bond acceptors (Lipinski definition) is 2. The quantitative estimate of drug-likeness (QED) is 0.505. The SMILES string of the molecule is CC1(C)CC(Cn2ccc3cc(-c4cn[nH]c4)ccc32)CN1Cc1ccccc1. The van der Waals surface area contributed by atoms with Crippen LogP contribution in [-0.4, -0.2) is 31.7 Å². The fourth-order valence-corrected chi connectivity index (χ4v) is 4.89. The van der Waals surface area contributed by atoms with Gasteiger partial charge in [0.25, 0.3) is 0 Å². The molecule has 1 aliphatic rings. The minimum absolute atomic E-state index is 0.234. The molecule has 1 aliphatic heterocycles. The highest BCUT2D eigenvalue weighted by molar-refractivity contribution is 5.85. The Kier molecular flexibility index (Phi) is 4.51. The number of benzene rings is 2. The summed E-state index contributed by atoms with van der Waals surface area (Å²) in [5, 5.41) is 8.26. The molecule has 2 aromatic heterocycles. The smallest absolute Gasteiger partial charge is 0.0565 e. The lowest BCUT2D eigenvalue weighted by atomic mass is 9.96. The van der Waals surface area contributed by atoms with E-state index in [1.165, 1.54) is 28.5 Å². The van der Waals surface area contributed by atoms with E-state index in [1.807, 2.05) is 12.4 Å². The van der Waals surface area contributed by atoms with E-state index >= 15 is 0 Å². The third kappa shape index (κ3) is 3.60. The van der Waals surface area contributed by atoms with Crippen LogP contribution in [0.2, 0.25) is 0 Å². The van der Waals surface area contributed by atoms with E-state index in [1.54, 1.807) is 0 Å². The van der Waals surface area contributed by atoms with Gasteiger partial charge >= 0.3 is 0 Å². The molecule has 0 radical (unpaired) electrons. The molecule has 0 amide bonds. The zero-order valence-electron chi connectivity index (χ0n) is 17.2. The van der Waals surface area contributed by atoms with Crippen molar-refractivity contribution in [3.63, 3.8) is 0 Å². The fourth-order valence-electron chi connectivity index (χ4n) is 4.89. The standard InChI is InChI=1S/C25H28N4/c1-25(2)13-20(18-29(25)17-19-6-4-3-5-7-19)16-28-11-10-22-12-21(8-9-24(22)28)23-14-26-27-15-23/h3-12,14-15,20H,13,16-18H2,1-2H3,(H,26,27). The van der Waals surface area contributed by atoms with Crippen LogP contribution in [-0.2, 0) is 13.1 Å². The lowest BCUT2D eigenvalue weighted by Gasteiger charge is -2.31. The topological polar surface area (TPSA) is 36.9 Å². The van der Waals surface area contributed by atoms with Crippen molar-refractivity contribution >= 4 is 10.9 Å². The second-order valence-corrected chi connectivity index (χ2v) is 8.98. The van der Waals surface area contributed by atoms with E-state index < -0.39 is 0 Å². The van der Waals surface area contributed by atoms with Crippen molar-refractivity contribution in [3.8, 4) is 11.1 Å². The van der Waals surface area contributed by atoms with Crippen LogP contribution >= 0.6 is 0 Å². The first-order chi connectivity index (χ1) is 14.1. The van der Waals surface area contributed by atoms with Gasteiger partial charge < -0.3 is 4.57 Å². The van der Waals surface area contributed by atoms with Gasteiger partial charge in [0.1, 0.15) is 0 Å². The Hall–Kier alpha value is -2.85. The summed E-state index contributed by atoms with van der Waals surface area (Å²) in [7, 11) is 0. The van der Waals surface area contributed by atoms with Gasteiger partial charge in [-0.15, -0.1) is 0 Å². The summed E-state index contributed by atoms with van der Waals surface area (Å²) in [4.78, 5) is 2.65. The Labute approximate surface area is 172 Å². The summed E-state index contributed by atoms with van der Waals surface area (Å²) in [5.41, 5.74) is 5.29. The van der Waals surface area contributed by atoms with Crippen LogP contribution in [0.1, 0.15) is 25.8 Å². The molecule has 1 saturated heterocycles. The Morgan fingerprint density at radius 3 is 2.72 bits per heavy atom. The third-order valence-electron chi connectivity index (χ3n) is 6.40. The van der Waals surface area contributed by atoms with Crippen LogP contribution in [0, 0.1) is 5.92 Å². The average molecular weight is 385 g/mol. The van der Waals surface area contributed by atoms with Crippen LogP contribution in [0.5, 0.6) is 0 Å². The molecule has 1 atom stereocenters. The molecule has 1 unspecified atom stereocenters. The van der Waals surface area contributed by atoms with E-state index in [0.717, 1.165) is 25.2 Å². The number of fused-ring (bicyclic) bond motifs is 1. The molecule has 5 rings (SSSR count). The molecule has 2 aromatic carbocycles. The number of H-pyrrole nitrogens is 1. The Morgan fingerprint density at radius 1 is 1.07 bits per heavy atom. The molecule has 4 nitrogen and oxygen atoms in total. The van der Waals surface area contributed by atoms with Gasteiger partial charge in [0.15, 0.2) is 0 Å². The van der Waals surface area contributed by atoms with E-state index in [9.17, 15) is 0 Å². The molecule has 1 fully saturated rings. The van der Waals surface area contributed by atoms with Crippen LogP contribution in [0.25, 0.3) is 22.0 Å². The van der Waals surface area contributed by atoms with Gasteiger partial charge in [-0.2, -0.15) is 5.10 Å². The Bertz CT molecular complexity index is 1090. The summed E-state index contributed by atoms with van der Waals surface area (Å²) in [6.07, 6.45) is 7.30. The van der Waals surface area contributed by atoms with Crippen LogP contribution in [0.4, 0.5) is 0 Å². The number of aromatic amines is 1. The maximum atomic E-state index is 4.07. The predicted molar refractivity (Wildman–Crippen MR) is 119 cm³/mol. The fraction of sp³-hybridized carbons (Fsp3) is 0.320. The maximum Gasteiger partial charge on any atom is 0.0565 e. The molecule has 29 heavy (non-hydrogen) atoms. The summed E-state index contributed by atoms with van der Waals surface area (Å²) in [6.45, 7) is 8.03. The molecule has 0 aliphatic carbocycles. The van der Waals surface area contributed by atoms with E-state index in [2.05, 4.69) is 94.3 Å². The lowest BCUT2D eigenvalue weighted by Crippen LogP contribution is -2.37. The average Bonchev–Trinajstić information content (AvgIpc) is 3.43. The minimum atomic E-state index is 0.234. The van der Waals surface area contributed by atoms with E-state index in [0.29, 0.717) is 5.92 Å². The van der Waals surface area contributed by atoms with Crippen molar-refractivity contribution in [1.82, 2.24) is 19.7 Å². The monoisotopic (exact) mass is 384 g/mol. The van der Waals surface area contributed by atoms with E-state index in [4.69, 9.17) is 0 Å². The van der Waals surface area contributed by atoms with Crippen molar-refractivity contribution < 1.29 is 0 Å². The van der Waals surface area contributed by atoms with Crippen LogP contribution < -0.4 is 0 Å². The van der Waals surface area contributed by atoms with Crippen molar-refractivity contribution in [3.05, 3.63) is 78.8 Å². The highest BCUT2D eigenvalue weighted by atomic mass is 15.2. The first kappa shape index (κ1) is 18.2. The van der Waals surface area contributed by atoms with Crippen molar-refractivity contribution in [2.45, 2.75) is 38.9 Å². The number of nitrogens with one attached hydrogen (secondary N) is 1. The van der Waals surface area contributed by atoms with Crippen molar-refractivity contribution in [2.24, 2.45) is 5.92 Å². The van der Waals surface area contributed by atoms with Crippen molar-refractivity contribution in [1.29, 1.82) is 0 Å². The van der Waals surface area contributed by atoms with Gasteiger partial charge in [0, 0.05) is 54.0 Å². The Morgan fingerprint density at radius 2 is 1.93 bits per heavy atom. The molecular formula is C25H28N4. The molecule has 0 saturated carbocycles. The number of likely N-dealkylation sites (tertiary alicyclic amines) is 1. The van der Waals surface area contributed by atoms with Gasteiger partial charge in [-0.25, -0.2) is 0 Å². The third-order valence-corrected chi connectivity index (χ3v) is 6.40. The van der Waals surface area contributed by atoms with Gasteiger partial charge in [0.2, 0.25) is 0 Å². The van der Waals surface area contributed by atoms with Gasteiger partial charge in [-0.3, -0.25) is 10.00 Å². The predicted octanol–water partition coefficient (Wildman–Crippen LogP) is 5.33. The van der Waals surface area contributed by atoms with Crippen LogP contribution in [0.15, 0.2) is 73.2 Å². The first-order valence-corrected chi connectivity index (χ1v) is 10.5. The second-order valence-electron chi connectivity index (χ2n) is 8.98. The Balaban J connectivity index is 1.33. The molecule has 1 N–H and O–H groups in total. The molecule has 0 spiro atoms. The lowest BCUT2D eigenvalue weighted by molar-refractivity contribution is 0.166. The van der Waals surface area contributed by atoms with Gasteiger partial charge in [0.05, 0.1) is 6.20 Å². The second kappa shape index (κ2) is 7.20. The van der Waals surface area contributed by atoms with E-state index in [-0.39, 0.29) is 5.54 Å². The molecule has 4 aromatic rings. The summed E-state index contributed by atoms with van der Waals surface area (Å²) in [5.74, 6) is 0.665. The van der Waals surface area contributed by atoms with Gasteiger partial charge in [-0.05, 0) is 55.5 Å². The minimum Gasteiger partial charge on any atom is -0.347 e. The van der Waals surface area contributed by atoms with Crippen LogP contribution in [0.3, 0.4) is 0 Å². The largest absolute Gasteiger partial charge is 0.347 e. The normalized spacial score (nSPS) is 19.2. The molecular weight excluding hydrogens is 356 g/mol.